The Morgan fingerprint density at radius 1 is 1.26 bits per heavy atom. The number of benzene rings is 1. The van der Waals surface area contributed by atoms with Crippen molar-refractivity contribution in [3.05, 3.63) is 35.9 Å². The normalized spacial score (nSPS) is 10.0. The van der Waals surface area contributed by atoms with Crippen molar-refractivity contribution in [3.8, 4) is 11.5 Å². The fraction of sp³-hybridized carbons (Fsp3) is 0.286. The van der Waals surface area contributed by atoms with Gasteiger partial charge in [0.1, 0.15) is 0 Å². The van der Waals surface area contributed by atoms with Crippen LogP contribution in [-0.2, 0) is 16.0 Å². The first-order chi connectivity index (χ1) is 8.86. The quantitative estimate of drug-likeness (QED) is 0.638. The number of amides is 2. The van der Waals surface area contributed by atoms with Crippen molar-refractivity contribution in [1.29, 1.82) is 0 Å². The zero-order chi connectivity index (χ0) is 14.6. The van der Waals surface area contributed by atoms with Crippen LogP contribution in [0.4, 0.5) is 0 Å². The molecule has 1 aromatic rings. The zero-order valence-electron chi connectivity index (χ0n) is 11.0. The standard InChI is InChI=1S/C14H17NO4/c1-4-15(14(19)9(2)3)13(18)8-10-5-6-11(16)12(17)7-10/h5-7,16-17H,2,4,8H2,1,3H3. The molecule has 0 aliphatic heterocycles. The molecule has 1 rings (SSSR count). The van der Waals surface area contributed by atoms with Crippen LogP contribution in [0, 0.1) is 0 Å². The number of imide groups is 1. The van der Waals surface area contributed by atoms with E-state index in [1.54, 1.807) is 13.8 Å². The van der Waals surface area contributed by atoms with E-state index < -0.39 is 5.91 Å². The monoisotopic (exact) mass is 263 g/mol. The first-order valence-electron chi connectivity index (χ1n) is 5.87. The average Bonchev–Trinajstić information content (AvgIpc) is 2.34. The molecule has 0 saturated carbocycles. The van der Waals surface area contributed by atoms with Crippen LogP contribution in [0.1, 0.15) is 19.4 Å². The lowest BCUT2D eigenvalue weighted by molar-refractivity contribution is -0.141. The maximum absolute atomic E-state index is 12.0. The van der Waals surface area contributed by atoms with Gasteiger partial charge < -0.3 is 10.2 Å². The van der Waals surface area contributed by atoms with Crippen LogP contribution in [0.5, 0.6) is 11.5 Å². The van der Waals surface area contributed by atoms with E-state index in [0.29, 0.717) is 11.1 Å². The number of carbonyl (C=O) groups is 2. The van der Waals surface area contributed by atoms with E-state index in [1.165, 1.54) is 18.2 Å². The van der Waals surface area contributed by atoms with Gasteiger partial charge in [-0.2, -0.15) is 0 Å². The van der Waals surface area contributed by atoms with E-state index in [0.717, 1.165) is 4.90 Å². The maximum Gasteiger partial charge on any atom is 0.255 e. The lowest BCUT2D eigenvalue weighted by Gasteiger charge is -2.19. The minimum Gasteiger partial charge on any atom is -0.504 e. The molecular weight excluding hydrogens is 246 g/mol. The Balaban J connectivity index is 2.85. The minimum atomic E-state index is -0.407. The highest BCUT2D eigenvalue weighted by Crippen LogP contribution is 2.25. The van der Waals surface area contributed by atoms with Crippen LogP contribution in [0.3, 0.4) is 0 Å². The molecule has 0 fully saturated rings. The highest BCUT2D eigenvalue weighted by atomic mass is 16.3. The first-order valence-corrected chi connectivity index (χ1v) is 5.87. The van der Waals surface area contributed by atoms with E-state index in [9.17, 15) is 19.8 Å². The molecule has 0 aliphatic rings. The van der Waals surface area contributed by atoms with Crippen LogP contribution >= 0.6 is 0 Å². The number of hydrogen-bond acceptors (Lipinski definition) is 4. The number of nitrogens with zero attached hydrogens (tertiary/aromatic N) is 1. The summed E-state index contributed by atoms with van der Waals surface area (Å²) >= 11 is 0. The summed E-state index contributed by atoms with van der Waals surface area (Å²) in [6.45, 7) is 7.03. The third-order valence-corrected chi connectivity index (χ3v) is 2.62. The third kappa shape index (κ3) is 3.58. The molecule has 5 nitrogen and oxygen atoms in total. The highest BCUT2D eigenvalue weighted by Gasteiger charge is 2.20. The van der Waals surface area contributed by atoms with E-state index >= 15 is 0 Å². The summed E-state index contributed by atoms with van der Waals surface area (Å²) in [4.78, 5) is 24.9. The Morgan fingerprint density at radius 3 is 2.37 bits per heavy atom. The average molecular weight is 263 g/mol. The number of hydrogen-bond donors (Lipinski definition) is 2. The number of rotatable bonds is 4. The molecule has 19 heavy (non-hydrogen) atoms. The number of phenolic OH excluding ortho intramolecular Hbond substituents is 2. The largest absolute Gasteiger partial charge is 0.504 e. The molecule has 2 amide bonds. The highest BCUT2D eigenvalue weighted by molar-refractivity contribution is 6.04. The smallest absolute Gasteiger partial charge is 0.255 e. The first kappa shape index (κ1) is 14.8. The molecule has 0 atom stereocenters. The van der Waals surface area contributed by atoms with Gasteiger partial charge in [0.25, 0.3) is 5.91 Å². The Morgan fingerprint density at radius 2 is 1.89 bits per heavy atom. The zero-order valence-corrected chi connectivity index (χ0v) is 11.0. The van der Waals surface area contributed by atoms with Gasteiger partial charge in [-0.25, -0.2) is 0 Å². The molecule has 0 bridgehead atoms. The van der Waals surface area contributed by atoms with E-state index in [4.69, 9.17) is 0 Å². The molecule has 0 radical (unpaired) electrons. The molecular formula is C14H17NO4. The van der Waals surface area contributed by atoms with Crippen molar-refractivity contribution < 1.29 is 19.8 Å². The Kier molecular flexibility index (Phi) is 4.69. The van der Waals surface area contributed by atoms with Gasteiger partial charge in [0, 0.05) is 12.1 Å². The molecule has 0 unspecified atom stereocenters. The van der Waals surface area contributed by atoms with E-state index in [2.05, 4.69) is 6.58 Å². The number of phenols is 2. The Labute approximate surface area is 111 Å². The lowest BCUT2D eigenvalue weighted by Crippen LogP contribution is -2.38. The molecule has 2 N–H and O–H groups in total. The second-order valence-corrected chi connectivity index (χ2v) is 4.22. The van der Waals surface area contributed by atoms with Gasteiger partial charge in [-0.15, -0.1) is 0 Å². The number of likely N-dealkylation sites (N-methyl/N-ethyl adjacent to an activating group) is 1. The van der Waals surface area contributed by atoms with Crippen molar-refractivity contribution in [2.24, 2.45) is 0 Å². The van der Waals surface area contributed by atoms with Crippen molar-refractivity contribution in [1.82, 2.24) is 4.90 Å². The van der Waals surface area contributed by atoms with Gasteiger partial charge in [-0.05, 0) is 31.5 Å². The topological polar surface area (TPSA) is 77.8 Å². The van der Waals surface area contributed by atoms with Crippen molar-refractivity contribution >= 4 is 11.8 Å². The SMILES string of the molecule is C=C(C)C(=O)N(CC)C(=O)Cc1ccc(O)c(O)c1. The number of aromatic hydroxyl groups is 2. The van der Waals surface area contributed by atoms with E-state index in [1.807, 2.05) is 0 Å². The summed E-state index contributed by atoms with van der Waals surface area (Å²) in [5, 5.41) is 18.5. The van der Waals surface area contributed by atoms with E-state index in [-0.39, 0.29) is 30.4 Å². The summed E-state index contributed by atoms with van der Waals surface area (Å²) in [5.41, 5.74) is 0.817. The second-order valence-electron chi connectivity index (χ2n) is 4.22. The molecule has 5 heteroatoms. The fourth-order valence-corrected chi connectivity index (χ4v) is 1.61. The third-order valence-electron chi connectivity index (χ3n) is 2.62. The molecule has 1 aromatic carbocycles. The summed E-state index contributed by atoms with van der Waals surface area (Å²) in [7, 11) is 0. The van der Waals surface area contributed by atoms with Crippen LogP contribution in [0.2, 0.25) is 0 Å². The second kappa shape index (κ2) is 6.04. The Hall–Kier alpha value is -2.30. The van der Waals surface area contributed by atoms with Crippen molar-refractivity contribution in [3.63, 3.8) is 0 Å². The summed E-state index contributed by atoms with van der Waals surface area (Å²) < 4.78 is 0. The van der Waals surface area contributed by atoms with Gasteiger partial charge in [-0.1, -0.05) is 12.6 Å². The van der Waals surface area contributed by atoms with Crippen LogP contribution in [-0.4, -0.2) is 33.5 Å². The fourth-order valence-electron chi connectivity index (χ4n) is 1.61. The number of carbonyl (C=O) groups excluding carboxylic acids is 2. The predicted octanol–water partition coefficient (Wildman–Crippen LogP) is 1.59. The molecule has 0 saturated heterocycles. The molecule has 0 spiro atoms. The lowest BCUT2D eigenvalue weighted by atomic mass is 10.1. The van der Waals surface area contributed by atoms with Gasteiger partial charge in [-0.3, -0.25) is 14.5 Å². The van der Waals surface area contributed by atoms with Crippen molar-refractivity contribution in [2.75, 3.05) is 6.54 Å². The van der Waals surface area contributed by atoms with Crippen LogP contribution in [0.15, 0.2) is 30.4 Å². The van der Waals surface area contributed by atoms with Gasteiger partial charge in [0.15, 0.2) is 11.5 Å². The maximum atomic E-state index is 12.0. The van der Waals surface area contributed by atoms with Gasteiger partial charge >= 0.3 is 0 Å². The van der Waals surface area contributed by atoms with Crippen LogP contribution < -0.4 is 0 Å². The van der Waals surface area contributed by atoms with Gasteiger partial charge in [0.05, 0.1) is 6.42 Å². The van der Waals surface area contributed by atoms with Crippen molar-refractivity contribution in [2.45, 2.75) is 20.3 Å². The van der Waals surface area contributed by atoms with Gasteiger partial charge in [0.2, 0.25) is 5.91 Å². The van der Waals surface area contributed by atoms with Crippen LogP contribution in [0.25, 0.3) is 0 Å². The molecule has 0 heterocycles. The molecule has 0 aromatic heterocycles. The minimum absolute atomic E-state index is 0.0271. The predicted molar refractivity (Wildman–Crippen MR) is 70.7 cm³/mol. The summed E-state index contributed by atoms with van der Waals surface area (Å²) in [6.07, 6.45) is -0.0271. The molecule has 102 valence electrons. The summed E-state index contributed by atoms with van der Waals surface area (Å²) in [5.74, 6) is -1.32. The summed E-state index contributed by atoms with van der Waals surface area (Å²) in [6, 6.07) is 4.12. The Bertz CT molecular complexity index is 522. The molecule has 0 aliphatic carbocycles.